The first kappa shape index (κ1) is 47.4. The van der Waals surface area contributed by atoms with Gasteiger partial charge in [-0.2, -0.15) is 0 Å². The van der Waals surface area contributed by atoms with Gasteiger partial charge < -0.3 is 15.3 Å². The SMILES string of the molecule is CCCCCC(CCCCCCCCCCCCCCCC(CCCCCCCCCCCCCCCCCCC(=O)O)C(=O)O)C(=O)O. The molecule has 0 fully saturated rings. The summed E-state index contributed by atoms with van der Waals surface area (Å²) in [6.45, 7) is 2.16. The van der Waals surface area contributed by atoms with Crippen LogP contribution >= 0.6 is 0 Å². The Morgan fingerprint density at radius 3 is 0.735 bits per heavy atom. The highest BCUT2D eigenvalue weighted by Crippen LogP contribution is 2.22. The Morgan fingerprint density at radius 1 is 0.327 bits per heavy atom. The highest BCUT2D eigenvalue weighted by Gasteiger charge is 2.17. The van der Waals surface area contributed by atoms with E-state index in [9.17, 15) is 24.6 Å². The van der Waals surface area contributed by atoms with Gasteiger partial charge in [0, 0.05) is 6.42 Å². The number of rotatable bonds is 41. The number of carbonyl (C=O) groups is 3. The van der Waals surface area contributed by atoms with Crippen molar-refractivity contribution in [2.75, 3.05) is 0 Å². The summed E-state index contributed by atoms with van der Waals surface area (Å²) >= 11 is 0. The molecule has 0 rings (SSSR count). The third-order valence-corrected chi connectivity index (χ3v) is 10.7. The Labute approximate surface area is 303 Å². The van der Waals surface area contributed by atoms with Gasteiger partial charge in [-0.05, 0) is 32.1 Å². The second-order valence-corrected chi connectivity index (χ2v) is 15.3. The maximum atomic E-state index is 11.7. The summed E-state index contributed by atoms with van der Waals surface area (Å²) in [5, 5.41) is 27.7. The normalized spacial score (nSPS) is 12.7. The molecule has 290 valence electrons. The fraction of sp³-hybridized carbons (Fsp3) is 0.930. The lowest BCUT2D eigenvalue weighted by molar-refractivity contribution is -0.143. The van der Waals surface area contributed by atoms with E-state index in [0.29, 0.717) is 6.42 Å². The van der Waals surface area contributed by atoms with Crippen LogP contribution in [0.1, 0.15) is 244 Å². The molecule has 2 atom stereocenters. The van der Waals surface area contributed by atoms with Crippen molar-refractivity contribution in [2.45, 2.75) is 244 Å². The third kappa shape index (κ3) is 36.0. The zero-order valence-electron chi connectivity index (χ0n) is 32.4. The van der Waals surface area contributed by atoms with Gasteiger partial charge in [-0.15, -0.1) is 0 Å². The van der Waals surface area contributed by atoms with Crippen molar-refractivity contribution in [2.24, 2.45) is 11.8 Å². The molecule has 0 radical (unpaired) electrons. The minimum Gasteiger partial charge on any atom is -0.481 e. The Morgan fingerprint density at radius 2 is 0.531 bits per heavy atom. The van der Waals surface area contributed by atoms with Crippen LogP contribution in [0, 0.1) is 11.8 Å². The predicted octanol–water partition coefficient (Wildman–Crippen LogP) is 13.9. The first-order valence-corrected chi connectivity index (χ1v) is 21.6. The van der Waals surface area contributed by atoms with Gasteiger partial charge in [-0.1, -0.05) is 206 Å². The topological polar surface area (TPSA) is 112 Å². The van der Waals surface area contributed by atoms with Crippen LogP contribution in [-0.2, 0) is 14.4 Å². The molecule has 0 aliphatic carbocycles. The van der Waals surface area contributed by atoms with Crippen LogP contribution < -0.4 is 0 Å². The number of carboxylic acids is 3. The van der Waals surface area contributed by atoms with Gasteiger partial charge in [0.05, 0.1) is 11.8 Å². The second kappa shape index (κ2) is 37.7. The van der Waals surface area contributed by atoms with Gasteiger partial charge in [0.15, 0.2) is 0 Å². The van der Waals surface area contributed by atoms with Crippen molar-refractivity contribution in [3.05, 3.63) is 0 Å². The van der Waals surface area contributed by atoms with E-state index < -0.39 is 17.9 Å². The number of unbranched alkanes of at least 4 members (excludes halogenated alkanes) is 29. The molecule has 3 N–H and O–H groups in total. The second-order valence-electron chi connectivity index (χ2n) is 15.3. The van der Waals surface area contributed by atoms with E-state index in [1.54, 1.807) is 0 Å². The quantitative estimate of drug-likeness (QED) is 0.0549. The smallest absolute Gasteiger partial charge is 0.306 e. The maximum absolute atomic E-state index is 11.7. The molecule has 0 bridgehead atoms. The first-order chi connectivity index (χ1) is 23.9. The molecule has 0 spiro atoms. The summed E-state index contributed by atoms with van der Waals surface area (Å²) < 4.78 is 0. The van der Waals surface area contributed by atoms with Crippen LogP contribution in [0.15, 0.2) is 0 Å². The maximum Gasteiger partial charge on any atom is 0.306 e. The van der Waals surface area contributed by atoms with Crippen molar-refractivity contribution in [3.8, 4) is 0 Å². The van der Waals surface area contributed by atoms with E-state index in [4.69, 9.17) is 5.11 Å². The minimum absolute atomic E-state index is 0.134. The molecule has 0 aromatic rings. The molecule has 49 heavy (non-hydrogen) atoms. The Balaban J connectivity index is 3.46. The van der Waals surface area contributed by atoms with Crippen LogP contribution in [0.2, 0.25) is 0 Å². The fourth-order valence-electron chi connectivity index (χ4n) is 7.29. The number of carboxylic acid groups (broad SMARTS) is 3. The van der Waals surface area contributed by atoms with Crippen LogP contribution in [0.25, 0.3) is 0 Å². The molecular formula is C43H82O6. The van der Waals surface area contributed by atoms with Crippen LogP contribution in [0.4, 0.5) is 0 Å². The van der Waals surface area contributed by atoms with Crippen molar-refractivity contribution in [1.29, 1.82) is 0 Å². The lowest BCUT2D eigenvalue weighted by atomic mass is 9.94. The zero-order valence-corrected chi connectivity index (χ0v) is 32.4. The molecule has 0 saturated heterocycles. The minimum atomic E-state index is -0.673. The van der Waals surface area contributed by atoms with Crippen LogP contribution in [0.3, 0.4) is 0 Å². The Bertz CT molecular complexity index is 738. The van der Waals surface area contributed by atoms with Gasteiger partial charge in [0.1, 0.15) is 0 Å². The van der Waals surface area contributed by atoms with Gasteiger partial charge in [-0.3, -0.25) is 14.4 Å². The monoisotopic (exact) mass is 695 g/mol. The van der Waals surface area contributed by atoms with E-state index in [1.807, 2.05) is 0 Å². The standard InChI is InChI=1S/C43H82O6/c1-2-3-29-34-39(42(46)47)35-30-25-21-17-14-10-8-11-15-19-23-27-32-37-40(43(48)49)36-31-26-22-18-13-9-6-4-5-7-12-16-20-24-28-33-38-41(44)45/h39-40H,2-38H2,1H3,(H,44,45)(H,46,47)(H,48,49). The highest BCUT2D eigenvalue weighted by atomic mass is 16.4. The van der Waals surface area contributed by atoms with E-state index in [1.165, 1.54) is 154 Å². The van der Waals surface area contributed by atoms with Gasteiger partial charge in [-0.25, -0.2) is 0 Å². The van der Waals surface area contributed by atoms with Crippen LogP contribution in [-0.4, -0.2) is 33.2 Å². The van der Waals surface area contributed by atoms with Gasteiger partial charge >= 0.3 is 17.9 Å². The van der Waals surface area contributed by atoms with Crippen molar-refractivity contribution in [3.63, 3.8) is 0 Å². The molecule has 0 aromatic heterocycles. The molecule has 0 amide bonds. The average molecular weight is 695 g/mol. The summed E-state index contributed by atoms with van der Waals surface area (Å²) in [7, 11) is 0. The van der Waals surface area contributed by atoms with Gasteiger partial charge in [0.2, 0.25) is 0 Å². The van der Waals surface area contributed by atoms with Crippen molar-refractivity contribution < 1.29 is 29.7 Å². The lowest BCUT2D eigenvalue weighted by Gasteiger charge is -2.12. The molecule has 6 nitrogen and oxygen atoms in total. The summed E-state index contributed by atoms with van der Waals surface area (Å²) in [4.78, 5) is 33.7. The summed E-state index contributed by atoms with van der Waals surface area (Å²) in [6.07, 6.45) is 42.8. The van der Waals surface area contributed by atoms with E-state index in [2.05, 4.69) is 6.92 Å². The molecule has 0 aromatic carbocycles. The summed E-state index contributed by atoms with van der Waals surface area (Å²) in [5.41, 5.74) is 0. The molecule has 0 saturated carbocycles. The zero-order chi connectivity index (χ0) is 36.0. The molecular weight excluding hydrogens is 612 g/mol. The van der Waals surface area contributed by atoms with E-state index in [-0.39, 0.29) is 11.8 Å². The molecule has 6 heteroatoms. The van der Waals surface area contributed by atoms with Crippen LogP contribution in [0.5, 0.6) is 0 Å². The largest absolute Gasteiger partial charge is 0.481 e. The molecule has 0 heterocycles. The fourth-order valence-corrected chi connectivity index (χ4v) is 7.29. The van der Waals surface area contributed by atoms with Crippen molar-refractivity contribution >= 4 is 17.9 Å². The first-order valence-electron chi connectivity index (χ1n) is 21.6. The highest BCUT2D eigenvalue weighted by molar-refractivity contribution is 5.70. The van der Waals surface area contributed by atoms with Crippen molar-refractivity contribution in [1.82, 2.24) is 0 Å². The van der Waals surface area contributed by atoms with Gasteiger partial charge in [0.25, 0.3) is 0 Å². The van der Waals surface area contributed by atoms with E-state index >= 15 is 0 Å². The van der Waals surface area contributed by atoms with E-state index in [0.717, 1.165) is 77.0 Å². The number of aliphatic carboxylic acids is 3. The lowest BCUT2D eigenvalue weighted by Crippen LogP contribution is -2.13. The third-order valence-electron chi connectivity index (χ3n) is 10.7. The molecule has 2 unspecified atom stereocenters. The molecule has 0 aliphatic heterocycles. The average Bonchev–Trinajstić information content (AvgIpc) is 3.07. The number of hydrogen-bond donors (Lipinski definition) is 3. The Hall–Kier alpha value is -1.59. The summed E-state index contributed by atoms with van der Waals surface area (Å²) in [6, 6.07) is 0. The predicted molar refractivity (Wildman–Crippen MR) is 206 cm³/mol. The Kier molecular flexibility index (Phi) is 36.4. The summed E-state index contributed by atoms with van der Waals surface area (Å²) in [5.74, 6) is -2.16. The number of hydrogen-bond acceptors (Lipinski definition) is 3. The molecule has 0 aliphatic rings.